The Bertz CT molecular complexity index is 615. The molecule has 0 amide bonds. The van der Waals surface area contributed by atoms with Crippen molar-refractivity contribution in [1.82, 2.24) is 5.32 Å². The van der Waals surface area contributed by atoms with Crippen molar-refractivity contribution in [3.63, 3.8) is 0 Å². The molecule has 2 aromatic carbocycles. The highest BCUT2D eigenvalue weighted by Gasteiger charge is 2.15. The number of para-hydroxylation sites is 1. The molecule has 2 nitrogen and oxygen atoms in total. The van der Waals surface area contributed by atoms with E-state index >= 15 is 0 Å². The number of hydrogen-bond donors (Lipinski definition) is 1. The standard InChI is InChI=1S/C16H17BrFNO/c1-10-9-12(7-8-14(10)17)20-16-13(11(2)19-3)5-4-6-15(16)18/h4-9,11,19H,1-3H3. The first-order chi connectivity index (χ1) is 9.52. The van der Waals surface area contributed by atoms with Crippen LogP contribution >= 0.6 is 15.9 Å². The second-order valence-electron chi connectivity index (χ2n) is 4.68. The van der Waals surface area contributed by atoms with Crippen molar-refractivity contribution in [3.8, 4) is 11.5 Å². The quantitative estimate of drug-likeness (QED) is 0.850. The van der Waals surface area contributed by atoms with E-state index in [2.05, 4.69) is 21.2 Å². The number of halogens is 2. The average Bonchev–Trinajstić information content (AvgIpc) is 2.44. The molecule has 0 aliphatic heterocycles. The van der Waals surface area contributed by atoms with E-state index in [1.165, 1.54) is 6.07 Å². The third-order valence-electron chi connectivity index (χ3n) is 3.25. The fourth-order valence-corrected chi connectivity index (χ4v) is 2.17. The lowest BCUT2D eigenvalue weighted by Gasteiger charge is -2.17. The van der Waals surface area contributed by atoms with Gasteiger partial charge in [-0.1, -0.05) is 28.1 Å². The van der Waals surface area contributed by atoms with Gasteiger partial charge in [0.2, 0.25) is 0 Å². The van der Waals surface area contributed by atoms with Gasteiger partial charge in [0, 0.05) is 16.1 Å². The summed E-state index contributed by atoms with van der Waals surface area (Å²) in [6, 6.07) is 10.6. The van der Waals surface area contributed by atoms with Crippen molar-refractivity contribution in [2.75, 3.05) is 7.05 Å². The fraction of sp³-hybridized carbons (Fsp3) is 0.250. The molecule has 4 heteroatoms. The van der Waals surface area contributed by atoms with Crippen LogP contribution in [0.15, 0.2) is 40.9 Å². The third-order valence-corrected chi connectivity index (χ3v) is 4.14. The van der Waals surface area contributed by atoms with Crippen LogP contribution in [0.25, 0.3) is 0 Å². The van der Waals surface area contributed by atoms with Gasteiger partial charge < -0.3 is 10.1 Å². The minimum Gasteiger partial charge on any atom is -0.454 e. The molecule has 2 rings (SSSR count). The first-order valence-corrected chi connectivity index (χ1v) is 7.22. The molecule has 20 heavy (non-hydrogen) atoms. The number of benzene rings is 2. The van der Waals surface area contributed by atoms with Crippen LogP contribution in [0.1, 0.15) is 24.1 Å². The van der Waals surface area contributed by atoms with Crippen molar-refractivity contribution in [2.45, 2.75) is 19.9 Å². The lowest BCUT2D eigenvalue weighted by molar-refractivity contribution is 0.428. The van der Waals surface area contributed by atoms with Gasteiger partial charge in [0.25, 0.3) is 0 Å². The molecule has 1 N–H and O–H groups in total. The second-order valence-corrected chi connectivity index (χ2v) is 5.54. The summed E-state index contributed by atoms with van der Waals surface area (Å²) in [5.41, 5.74) is 1.84. The van der Waals surface area contributed by atoms with Crippen LogP contribution in [-0.2, 0) is 0 Å². The largest absolute Gasteiger partial charge is 0.454 e. The zero-order chi connectivity index (χ0) is 14.7. The molecule has 0 fully saturated rings. The summed E-state index contributed by atoms with van der Waals surface area (Å²) in [6.07, 6.45) is 0. The SMILES string of the molecule is CNC(C)c1cccc(F)c1Oc1ccc(Br)c(C)c1. The minimum absolute atomic E-state index is 0.0113. The van der Waals surface area contributed by atoms with E-state index in [1.54, 1.807) is 6.07 Å². The highest BCUT2D eigenvalue weighted by Crippen LogP contribution is 2.33. The van der Waals surface area contributed by atoms with Gasteiger partial charge in [0.15, 0.2) is 11.6 Å². The van der Waals surface area contributed by atoms with Crippen molar-refractivity contribution >= 4 is 15.9 Å². The average molecular weight is 338 g/mol. The fourth-order valence-electron chi connectivity index (χ4n) is 1.93. The molecular weight excluding hydrogens is 321 g/mol. The van der Waals surface area contributed by atoms with Gasteiger partial charge in [-0.25, -0.2) is 4.39 Å². The van der Waals surface area contributed by atoms with Gasteiger partial charge in [-0.15, -0.1) is 0 Å². The molecule has 0 aliphatic rings. The molecule has 0 aromatic heterocycles. The monoisotopic (exact) mass is 337 g/mol. The Balaban J connectivity index is 2.39. The predicted molar refractivity (Wildman–Crippen MR) is 82.8 cm³/mol. The molecule has 0 spiro atoms. The van der Waals surface area contributed by atoms with Crippen molar-refractivity contribution in [1.29, 1.82) is 0 Å². The summed E-state index contributed by atoms with van der Waals surface area (Å²) < 4.78 is 20.8. The molecule has 1 atom stereocenters. The molecule has 0 aliphatic carbocycles. The highest BCUT2D eigenvalue weighted by molar-refractivity contribution is 9.10. The maximum Gasteiger partial charge on any atom is 0.167 e. The molecule has 106 valence electrons. The van der Waals surface area contributed by atoms with Gasteiger partial charge in [-0.3, -0.25) is 0 Å². The highest BCUT2D eigenvalue weighted by atomic mass is 79.9. The lowest BCUT2D eigenvalue weighted by Crippen LogP contribution is -2.13. The van der Waals surface area contributed by atoms with E-state index < -0.39 is 0 Å². The van der Waals surface area contributed by atoms with Crippen LogP contribution in [0.4, 0.5) is 4.39 Å². The zero-order valence-corrected chi connectivity index (χ0v) is 13.3. The Kier molecular flexibility index (Phi) is 4.78. The van der Waals surface area contributed by atoms with E-state index in [-0.39, 0.29) is 17.6 Å². The summed E-state index contributed by atoms with van der Waals surface area (Å²) in [7, 11) is 1.84. The van der Waals surface area contributed by atoms with E-state index in [9.17, 15) is 4.39 Å². The van der Waals surface area contributed by atoms with Crippen LogP contribution in [0.5, 0.6) is 11.5 Å². The van der Waals surface area contributed by atoms with E-state index in [1.807, 2.05) is 45.2 Å². The van der Waals surface area contributed by atoms with E-state index in [0.29, 0.717) is 5.75 Å². The van der Waals surface area contributed by atoms with Crippen molar-refractivity contribution in [2.24, 2.45) is 0 Å². The summed E-state index contributed by atoms with van der Waals surface area (Å²) in [6.45, 7) is 3.93. The number of rotatable bonds is 4. The van der Waals surface area contributed by atoms with E-state index in [0.717, 1.165) is 15.6 Å². The molecule has 1 unspecified atom stereocenters. The minimum atomic E-state index is -0.356. The van der Waals surface area contributed by atoms with Crippen LogP contribution < -0.4 is 10.1 Å². The molecule has 0 saturated heterocycles. The molecule has 0 bridgehead atoms. The molecule has 2 aromatic rings. The first kappa shape index (κ1) is 15.0. The maximum absolute atomic E-state index is 14.1. The van der Waals surface area contributed by atoms with Crippen LogP contribution in [0.2, 0.25) is 0 Å². The maximum atomic E-state index is 14.1. The second kappa shape index (κ2) is 6.37. The van der Waals surface area contributed by atoms with Gasteiger partial charge in [-0.2, -0.15) is 0 Å². The lowest BCUT2D eigenvalue weighted by atomic mass is 10.1. The van der Waals surface area contributed by atoms with Crippen molar-refractivity contribution in [3.05, 3.63) is 57.8 Å². The first-order valence-electron chi connectivity index (χ1n) is 6.42. The van der Waals surface area contributed by atoms with Crippen molar-refractivity contribution < 1.29 is 9.13 Å². The summed E-state index contributed by atoms with van der Waals surface area (Å²) >= 11 is 3.44. The summed E-state index contributed by atoms with van der Waals surface area (Å²) in [5.74, 6) is 0.543. The summed E-state index contributed by atoms with van der Waals surface area (Å²) in [4.78, 5) is 0. The molecular formula is C16H17BrFNO. The number of ether oxygens (including phenoxy) is 1. The van der Waals surface area contributed by atoms with Crippen LogP contribution in [-0.4, -0.2) is 7.05 Å². The Hall–Kier alpha value is -1.39. The topological polar surface area (TPSA) is 21.3 Å². The summed E-state index contributed by atoms with van der Waals surface area (Å²) in [5, 5.41) is 3.10. The molecule has 0 radical (unpaired) electrons. The normalized spacial score (nSPS) is 12.2. The molecule has 0 saturated carbocycles. The van der Waals surface area contributed by atoms with E-state index in [4.69, 9.17) is 4.74 Å². The zero-order valence-electron chi connectivity index (χ0n) is 11.7. The van der Waals surface area contributed by atoms with Gasteiger partial charge in [0.05, 0.1) is 0 Å². The Morgan fingerprint density at radius 1 is 1.25 bits per heavy atom. The van der Waals surface area contributed by atoms with Crippen LogP contribution in [0.3, 0.4) is 0 Å². The number of hydrogen-bond acceptors (Lipinski definition) is 2. The van der Waals surface area contributed by atoms with Gasteiger partial charge in [-0.05, 0) is 50.7 Å². The smallest absolute Gasteiger partial charge is 0.167 e. The Labute approximate surface area is 127 Å². The predicted octanol–water partition coefficient (Wildman–Crippen LogP) is 4.97. The Morgan fingerprint density at radius 2 is 2.00 bits per heavy atom. The number of nitrogens with one attached hydrogen (secondary N) is 1. The third kappa shape index (κ3) is 3.19. The number of aryl methyl sites for hydroxylation is 1. The van der Waals surface area contributed by atoms with Gasteiger partial charge in [0.1, 0.15) is 5.75 Å². The molecule has 0 heterocycles. The Morgan fingerprint density at radius 3 is 2.65 bits per heavy atom. The van der Waals surface area contributed by atoms with Crippen LogP contribution in [0, 0.1) is 12.7 Å². The van der Waals surface area contributed by atoms with Gasteiger partial charge >= 0.3 is 0 Å².